The number of alkyl halides is 4. The summed E-state index contributed by atoms with van der Waals surface area (Å²) in [5.74, 6) is -2.52. The summed E-state index contributed by atoms with van der Waals surface area (Å²) in [5, 5.41) is 2.55. The lowest BCUT2D eigenvalue weighted by Gasteiger charge is -2.23. The highest BCUT2D eigenvalue weighted by Crippen LogP contribution is 2.30. The highest BCUT2D eigenvalue weighted by atomic mass is 32.2. The van der Waals surface area contributed by atoms with Crippen LogP contribution in [-0.2, 0) is 27.5 Å². The highest BCUT2D eigenvalue weighted by Gasteiger charge is 2.44. The standard InChI is InChI=1S/C23H20F5N5O4S/c1-37-20-11-29-18(14-9-31-22(32-10-14)23(26,27)28)6-13(20)8-30-21(34)19-7-16(25)12-33(19)38(35,36)17-4-2-15(24)3-5-17/h2-6,9-11,16,19H,7-8,12H2,1H3,(H,30,34). The van der Waals surface area contributed by atoms with Gasteiger partial charge in [-0.15, -0.1) is 0 Å². The van der Waals surface area contributed by atoms with Crippen LogP contribution in [-0.4, -0.2) is 59.5 Å². The maximum atomic E-state index is 14.3. The second kappa shape index (κ2) is 10.6. The van der Waals surface area contributed by atoms with Gasteiger partial charge >= 0.3 is 6.18 Å². The number of halogens is 5. The second-order valence-electron chi connectivity index (χ2n) is 8.27. The Labute approximate surface area is 213 Å². The van der Waals surface area contributed by atoms with Crippen molar-refractivity contribution < 1.29 is 39.9 Å². The normalized spacial score (nSPS) is 18.4. The smallest absolute Gasteiger partial charge is 0.451 e. The number of nitrogens with zero attached hydrogens (tertiary/aromatic N) is 4. The number of amides is 1. The van der Waals surface area contributed by atoms with Crippen LogP contribution in [0.4, 0.5) is 22.0 Å². The Balaban J connectivity index is 1.53. The Bertz CT molecular complexity index is 1420. The lowest BCUT2D eigenvalue weighted by Crippen LogP contribution is -2.45. The molecule has 4 rings (SSSR count). The Morgan fingerprint density at radius 3 is 2.39 bits per heavy atom. The van der Waals surface area contributed by atoms with Crippen molar-refractivity contribution >= 4 is 15.9 Å². The molecule has 1 saturated heterocycles. The fourth-order valence-corrected chi connectivity index (χ4v) is 5.50. The SMILES string of the molecule is COc1cnc(-c2cnc(C(F)(F)F)nc2)cc1CNC(=O)C1CC(F)CN1S(=O)(=O)c1ccc(F)cc1. The van der Waals surface area contributed by atoms with Crippen LogP contribution in [0.25, 0.3) is 11.3 Å². The van der Waals surface area contributed by atoms with Crippen LogP contribution in [0.3, 0.4) is 0 Å². The number of carbonyl (C=O) groups is 1. The number of benzene rings is 1. The van der Waals surface area contributed by atoms with E-state index in [4.69, 9.17) is 4.74 Å². The summed E-state index contributed by atoms with van der Waals surface area (Å²) in [4.78, 5) is 23.4. The number of aromatic nitrogens is 3. The van der Waals surface area contributed by atoms with E-state index in [0.717, 1.165) is 41.0 Å². The fourth-order valence-electron chi connectivity index (χ4n) is 3.87. The summed E-state index contributed by atoms with van der Waals surface area (Å²) in [6, 6.07) is 4.01. The van der Waals surface area contributed by atoms with Gasteiger partial charge in [0.25, 0.3) is 0 Å². The number of hydrogen-bond acceptors (Lipinski definition) is 7. The maximum Gasteiger partial charge on any atom is 0.451 e. The number of ether oxygens (including phenoxy) is 1. The number of rotatable bonds is 7. The second-order valence-corrected chi connectivity index (χ2v) is 10.2. The lowest BCUT2D eigenvalue weighted by molar-refractivity contribution is -0.145. The van der Waals surface area contributed by atoms with Crippen molar-refractivity contribution in [3.8, 4) is 17.0 Å². The van der Waals surface area contributed by atoms with E-state index in [-0.39, 0.29) is 34.9 Å². The number of methoxy groups -OCH3 is 1. The third kappa shape index (κ3) is 5.72. The van der Waals surface area contributed by atoms with Crippen molar-refractivity contribution in [1.29, 1.82) is 0 Å². The molecule has 2 aromatic heterocycles. The van der Waals surface area contributed by atoms with Crippen LogP contribution in [0, 0.1) is 5.82 Å². The van der Waals surface area contributed by atoms with Crippen LogP contribution >= 0.6 is 0 Å². The summed E-state index contributed by atoms with van der Waals surface area (Å²) >= 11 is 0. The van der Waals surface area contributed by atoms with Gasteiger partial charge in [-0.05, 0) is 30.3 Å². The minimum Gasteiger partial charge on any atom is -0.495 e. The molecule has 3 aromatic rings. The van der Waals surface area contributed by atoms with E-state index in [0.29, 0.717) is 5.56 Å². The molecule has 0 aliphatic carbocycles. The lowest BCUT2D eigenvalue weighted by atomic mass is 10.1. The molecule has 1 aromatic carbocycles. The molecule has 3 heterocycles. The summed E-state index contributed by atoms with van der Waals surface area (Å²) in [5.41, 5.74) is 0.711. The predicted octanol–water partition coefficient (Wildman–Crippen LogP) is 3.12. The number of hydrogen-bond donors (Lipinski definition) is 1. The van der Waals surface area contributed by atoms with Gasteiger partial charge < -0.3 is 10.1 Å². The molecule has 1 aliphatic heterocycles. The quantitative estimate of drug-likeness (QED) is 0.444. The molecule has 0 radical (unpaired) electrons. The molecule has 1 fully saturated rings. The zero-order valence-corrected chi connectivity index (χ0v) is 20.4. The monoisotopic (exact) mass is 557 g/mol. The van der Waals surface area contributed by atoms with Gasteiger partial charge in [0.2, 0.25) is 21.8 Å². The van der Waals surface area contributed by atoms with Crippen LogP contribution in [0.1, 0.15) is 17.8 Å². The van der Waals surface area contributed by atoms with E-state index >= 15 is 0 Å². The first-order valence-electron chi connectivity index (χ1n) is 11.0. The number of nitrogens with one attached hydrogen (secondary N) is 1. The van der Waals surface area contributed by atoms with Crippen molar-refractivity contribution in [3.05, 3.63) is 66.1 Å². The summed E-state index contributed by atoms with van der Waals surface area (Å²) in [6.07, 6.45) is -3.50. The first-order valence-corrected chi connectivity index (χ1v) is 12.5. The summed E-state index contributed by atoms with van der Waals surface area (Å²) < 4.78 is 97.7. The van der Waals surface area contributed by atoms with Gasteiger partial charge in [-0.2, -0.15) is 17.5 Å². The zero-order chi connectivity index (χ0) is 27.7. The van der Waals surface area contributed by atoms with E-state index in [1.54, 1.807) is 0 Å². The topological polar surface area (TPSA) is 114 Å². The molecule has 2 unspecified atom stereocenters. The van der Waals surface area contributed by atoms with Gasteiger partial charge in [0.15, 0.2) is 0 Å². The molecule has 1 N–H and O–H groups in total. The molecular formula is C23H20F5N5O4S. The van der Waals surface area contributed by atoms with Crippen LogP contribution in [0.2, 0.25) is 0 Å². The highest BCUT2D eigenvalue weighted by molar-refractivity contribution is 7.89. The minimum atomic E-state index is -4.71. The van der Waals surface area contributed by atoms with Gasteiger partial charge in [-0.25, -0.2) is 27.2 Å². The average Bonchev–Trinajstić information content (AvgIpc) is 3.29. The Morgan fingerprint density at radius 2 is 1.79 bits per heavy atom. The third-order valence-corrected chi connectivity index (χ3v) is 7.64. The summed E-state index contributed by atoms with van der Waals surface area (Å²) in [7, 11) is -2.96. The van der Waals surface area contributed by atoms with Crippen LogP contribution in [0.15, 0.2) is 53.8 Å². The van der Waals surface area contributed by atoms with Gasteiger partial charge in [0, 0.05) is 43.0 Å². The largest absolute Gasteiger partial charge is 0.495 e. The predicted molar refractivity (Wildman–Crippen MR) is 122 cm³/mol. The van der Waals surface area contributed by atoms with Crippen molar-refractivity contribution in [2.24, 2.45) is 0 Å². The molecule has 15 heteroatoms. The molecule has 9 nitrogen and oxygen atoms in total. The van der Waals surface area contributed by atoms with E-state index in [2.05, 4.69) is 20.3 Å². The van der Waals surface area contributed by atoms with Gasteiger partial charge in [-0.3, -0.25) is 9.78 Å². The maximum absolute atomic E-state index is 14.3. The molecule has 0 bridgehead atoms. The van der Waals surface area contributed by atoms with Crippen molar-refractivity contribution in [3.63, 3.8) is 0 Å². The van der Waals surface area contributed by atoms with E-state index in [1.807, 2.05) is 0 Å². The number of pyridine rings is 1. The van der Waals surface area contributed by atoms with E-state index < -0.39 is 52.5 Å². The number of carbonyl (C=O) groups excluding carboxylic acids is 1. The summed E-state index contributed by atoms with van der Waals surface area (Å²) in [6.45, 7) is -0.745. The van der Waals surface area contributed by atoms with Gasteiger partial charge in [-0.1, -0.05) is 0 Å². The average molecular weight is 558 g/mol. The first kappa shape index (κ1) is 27.3. The van der Waals surface area contributed by atoms with Crippen molar-refractivity contribution in [2.75, 3.05) is 13.7 Å². The molecule has 1 amide bonds. The van der Waals surface area contributed by atoms with Crippen LogP contribution in [0.5, 0.6) is 5.75 Å². The Morgan fingerprint density at radius 1 is 1.13 bits per heavy atom. The van der Waals surface area contributed by atoms with Crippen molar-refractivity contribution in [2.45, 2.75) is 36.3 Å². The van der Waals surface area contributed by atoms with Gasteiger partial charge in [0.05, 0.1) is 23.9 Å². The fraction of sp³-hybridized carbons (Fsp3) is 0.304. The Kier molecular flexibility index (Phi) is 7.60. The first-order chi connectivity index (χ1) is 17.9. The van der Waals surface area contributed by atoms with Crippen LogP contribution < -0.4 is 10.1 Å². The third-order valence-electron chi connectivity index (χ3n) is 5.75. The van der Waals surface area contributed by atoms with Gasteiger partial charge in [0.1, 0.15) is 23.8 Å². The van der Waals surface area contributed by atoms with E-state index in [9.17, 15) is 35.2 Å². The molecular weight excluding hydrogens is 537 g/mol. The molecule has 0 spiro atoms. The molecule has 1 aliphatic rings. The van der Waals surface area contributed by atoms with E-state index in [1.165, 1.54) is 19.4 Å². The van der Waals surface area contributed by atoms with Crippen molar-refractivity contribution in [1.82, 2.24) is 24.6 Å². The molecule has 0 saturated carbocycles. The minimum absolute atomic E-state index is 0.167. The molecule has 202 valence electrons. The number of sulfonamides is 1. The Hall–Kier alpha value is -3.72. The zero-order valence-electron chi connectivity index (χ0n) is 19.6. The molecule has 2 atom stereocenters. The molecule has 38 heavy (non-hydrogen) atoms.